The number of halogens is 3. The van der Waals surface area contributed by atoms with Crippen LogP contribution in [0.2, 0.25) is 0 Å². The normalized spacial score (nSPS) is 16.1. The van der Waals surface area contributed by atoms with Crippen molar-refractivity contribution < 1.29 is 8.78 Å². The minimum Gasteiger partial charge on any atom is -0.354 e. The quantitative estimate of drug-likeness (QED) is 0.798. The first-order chi connectivity index (χ1) is 10.3. The molecule has 2 N–H and O–H groups in total. The summed E-state index contributed by atoms with van der Waals surface area (Å²) in [6.07, 6.45) is -0.983. The molecular weight excluding hydrogens is 362 g/mol. The van der Waals surface area contributed by atoms with Gasteiger partial charge in [0.05, 0.1) is 5.56 Å². The summed E-state index contributed by atoms with van der Waals surface area (Å²) in [6, 6.07) is 2.25. The highest BCUT2D eigenvalue weighted by Gasteiger charge is 2.31. The predicted octanol–water partition coefficient (Wildman–Crippen LogP) is 1.66. The zero-order valence-corrected chi connectivity index (χ0v) is 13.2. The second kappa shape index (κ2) is 4.94. The van der Waals surface area contributed by atoms with Gasteiger partial charge in [0.25, 0.3) is 5.56 Å². The van der Waals surface area contributed by atoms with Crippen molar-refractivity contribution in [3.63, 3.8) is 0 Å². The molecule has 1 aliphatic rings. The van der Waals surface area contributed by atoms with Crippen molar-refractivity contribution in [1.82, 2.24) is 9.13 Å². The van der Waals surface area contributed by atoms with E-state index in [-0.39, 0.29) is 21.5 Å². The third kappa shape index (κ3) is 2.04. The second-order valence-corrected chi connectivity index (χ2v) is 5.85. The van der Waals surface area contributed by atoms with Gasteiger partial charge in [-0.25, -0.2) is 13.6 Å². The van der Waals surface area contributed by atoms with Crippen LogP contribution in [-0.4, -0.2) is 9.13 Å². The van der Waals surface area contributed by atoms with Gasteiger partial charge in [0.15, 0.2) is 0 Å². The minimum atomic E-state index is -0.983. The number of rotatable bonds is 1. The van der Waals surface area contributed by atoms with Crippen LogP contribution in [0.3, 0.4) is 0 Å². The molecule has 1 unspecified atom stereocenters. The van der Waals surface area contributed by atoms with Crippen LogP contribution in [0.25, 0.3) is 0 Å². The molecule has 1 atom stereocenters. The van der Waals surface area contributed by atoms with Gasteiger partial charge in [-0.3, -0.25) is 13.9 Å². The number of hydrogen-bond acceptors (Lipinski definition) is 4. The molecule has 2 heterocycles. The Morgan fingerprint density at radius 2 is 1.68 bits per heavy atom. The summed E-state index contributed by atoms with van der Waals surface area (Å²) in [6.45, 7) is 0. The zero-order valence-electron chi connectivity index (χ0n) is 11.6. The van der Waals surface area contributed by atoms with Crippen LogP contribution in [0, 0.1) is 11.6 Å². The summed E-state index contributed by atoms with van der Waals surface area (Å²) < 4.78 is 30.5. The van der Waals surface area contributed by atoms with Gasteiger partial charge in [-0.1, -0.05) is 15.9 Å². The number of nitrogens with zero attached hydrogens (tertiary/aromatic N) is 2. The van der Waals surface area contributed by atoms with Gasteiger partial charge < -0.3 is 10.6 Å². The van der Waals surface area contributed by atoms with Gasteiger partial charge in [0, 0.05) is 18.6 Å². The van der Waals surface area contributed by atoms with Crippen LogP contribution >= 0.6 is 15.9 Å². The van der Waals surface area contributed by atoms with Crippen molar-refractivity contribution in [3.8, 4) is 0 Å². The Morgan fingerprint density at radius 1 is 1.09 bits per heavy atom. The molecule has 0 fully saturated rings. The maximum atomic E-state index is 14.0. The van der Waals surface area contributed by atoms with Gasteiger partial charge in [0.2, 0.25) is 0 Å². The van der Waals surface area contributed by atoms with Crippen molar-refractivity contribution in [2.24, 2.45) is 14.1 Å². The highest BCUT2D eigenvalue weighted by Crippen LogP contribution is 2.34. The average molecular weight is 373 g/mol. The van der Waals surface area contributed by atoms with Crippen molar-refractivity contribution in [3.05, 3.63) is 54.6 Å². The van der Waals surface area contributed by atoms with Crippen LogP contribution in [0.15, 0.2) is 26.2 Å². The molecule has 1 aromatic carbocycles. The Hall–Kier alpha value is -2.16. The van der Waals surface area contributed by atoms with Crippen molar-refractivity contribution in [2.75, 3.05) is 10.6 Å². The minimum absolute atomic E-state index is 0.0938. The Kier molecular flexibility index (Phi) is 3.32. The largest absolute Gasteiger partial charge is 0.354 e. The van der Waals surface area contributed by atoms with E-state index in [9.17, 15) is 18.4 Å². The molecule has 0 amide bonds. The van der Waals surface area contributed by atoms with E-state index < -0.39 is 29.0 Å². The van der Waals surface area contributed by atoms with Crippen LogP contribution < -0.4 is 21.9 Å². The Morgan fingerprint density at radius 3 is 2.27 bits per heavy atom. The fraction of sp³-hybridized carbons (Fsp3) is 0.231. The number of anilines is 2. The molecule has 0 radical (unpaired) electrons. The van der Waals surface area contributed by atoms with E-state index in [1.54, 1.807) is 0 Å². The molecule has 116 valence electrons. The second-order valence-electron chi connectivity index (χ2n) is 4.93. The third-order valence-electron chi connectivity index (χ3n) is 3.57. The number of nitrogens with one attached hydrogen (secondary N) is 2. The van der Waals surface area contributed by atoms with Gasteiger partial charge in [-0.15, -0.1) is 0 Å². The molecule has 2 aromatic rings. The molecule has 0 saturated carbocycles. The molecule has 1 aromatic heterocycles. The first kappa shape index (κ1) is 14.8. The molecule has 0 spiro atoms. The van der Waals surface area contributed by atoms with Gasteiger partial charge in [0.1, 0.15) is 29.3 Å². The van der Waals surface area contributed by atoms with E-state index in [4.69, 9.17) is 0 Å². The monoisotopic (exact) mass is 372 g/mol. The fourth-order valence-corrected chi connectivity index (χ4v) is 2.84. The molecule has 6 nitrogen and oxygen atoms in total. The van der Waals surface area contributed by atoms with Crippen molar-refractivity contribution in [2.45, 2.75) is 6.17 Å². The highest BCUT2D eigenvalue weighted by atomic mass is 79.9. The predicted molar refractivity (Wildman–Crippen MR) is 81.0 cm³/mol. The van der Waals surface area contributed by atoms with E-state index >= 15 is 0 Å². The first-order valence-corrected chi connectivity index (χ1v) is 7.08. The lowest BCUT2D eigenvalue weighted by molar-refractivity contribution is 0.546. The Labute approximate surface area is 131 Å². The SMILES string of the molecule is Cn1c2c(c(=O)n(C)c1=O)NC(c1c(F)cc(Br)cc1F)N2. The molecule has 0 saturated heterocycles. The molecule has 3 rings (SSSR count). The summed E-state index contributed by atoms with van der Waals surface area (Å²) in [5.74, 6) is -1.35. The number of hydrogen-bond donors (Lipinski definition) is 2. The number of benzene rings is 1. The third-order valence-corrected chi connectivity index (χ3v) is 4.02. The average Bonchev–Trinajstić information content (AvgIpc) is 2.86. The van der Waals surface area contributed by atoms with Crippen molar-refractivity contribution >= 4 is 27.4 Å². The van der Waals surface area contributed by atoms with Crippen LogP contribution in [-0.2, 0) is 14.1 Å². The maximum Gasteiger partial charge on any atom is 0.332 e. The first-order valence-electron chi connectivity index (χ1n) is 6.28. The summed E-state index contributed by atoms with van der Waals surface area (Å²) in [5, 5.41) is 5.50. The topological polar surface area (TPSA) is 68.1 Å². The maximum absolute atomic E-state index is 14.0. The van der Waals surface area contributed by atoms with Crippen LogP contribution in [0.1, 0.15) is 11.7 Å². The molecule has 9 heteroatoms. The van der Waals surface area contributed by atoms with E-state index in [0.717, 1.165) is 16.7 Å². The summed E-state index contributed by atoms with van der Waals surface area (Å²) in [7, 11) is 2.80. The van der Waals surface area contributed by atoms with Crippen LogP contribution in [0.4, 0.5) is 20.3 Å². The van der Waals surface area contributed by atoms with Gasteiger partial charge in [-0.05, 0) is 12.1 Å². The molecule has 0 bridgehead atoms. The van der Waals surface area contributed by atoms with E-state index in [2.05, 4.69) is 26.6 Å². The summed E-state index contributed by atoms with van der Waals surface area (Å²) >= 11 is 3.01. The lowest BCUT2D eigenvalue weighted by Crippen LogP contribution is -2.37. The smallest absolute Gasteiger partial charge is 0.332 e. The van der Waals surface area contributed by atoms with E-state index in [1.807, 2.05) is 0 Å². The summed E-state index contributed by atoms with van der Waals surface area (Å²) in [5.41, 5.74) is -1.26. The Balaban J connectivity index is 2.14. The summed E-state index contributed by atoms with van der Waals surface area (Å²) in [4.78, 5) is 24.0. The van der Waals surface area contributed by atoms with Gasteiger partial charge >= 0.3 is 5.69 Å². The molecular formula is C13H11BrF2N4O2. The van der Waals surface area contributed by atoms with E-state index in [1.165, 1.54) is 18.7 Å². The molecule has 1 aliphatic heterocycles. The Bertz CT molecular complexity index is 883. The van der Waals surface area contributed by atoms with Gasteiger partial charge in [-0.2, -0.15) is 0 Å². The lowest BCUT2D eigenvalue weighted by Gasteiger charge is -2.15. The highest BCUT2D eigenvalue weighted by molar-refractivity contribution is 9.10. The van der Waals surface area contributed by atoms with E-state index in [0.29, 0.717) is 0 Å². The molecule has 0 aliphatic carbocycles. The number of aromatic nitrogens is 2. The lowest BCUT2D eigenvalue weighted by atomic mass is 10.1. The molecule has 22 heavy (non-hydrogen) atoms. The zero-order chi connectivity index (χ0) is 16.2. The van der Waals surface area contributed by atoms with Crippen LogP contribution in [0.5, 0.6) is 0 Å². The number of fused-ring (bicyclic) bond motifs is 1. The standard InChI is InChI=1S/C13H11BrF2N4O2/c1-19-11-9(12(21)20(2)13(19)22)17-10(18-11)8-6(15)3-5(14)4-7(8)16/h3-4,10,17-18H,1-2H3. The van der Waals surface area contributed by atoms with Crippen molar-refractivity contribution in [1.29, 1.82) is 0 Å². The fourth-order valence-electron chi connectivity index (χ4n) is 2.43.